The van der Waals surface area contributed by atoms with E-state index in [4.69, 9.17) is 19.9 Å². The van der Waals surface area contributed by atoms with Crippen LogP contribution in [0.25, 0.3) is 0 Å². The van der Waals surface area contributed by atoms with Crippen molar-refractivity contribution in [3.05, 3.63) is 22.2 Å². The van der Waals surface area contributed by atoms with Gasteiger partial charge in [0.2, 0.25) is 6.79 Å². The molecule has 1 amide bonds. The number of piperidine rings is 1. The molecule has 0 aromatic heterocycles. The van der Waals surface area contributed by atoms with Crippen LogP contribution in [0.15, 0.2) is 21.6 Å². The number of nitrogens with one attached hydrogen (secondary N) is 1. The highest BCUT2D eigenvalue weighted by atomic mass is 127. The van der Waals surface area contributed by atoms with Gasteiger partial charge in [-0.1, -0.05) is 0 Å². The number of likely N-dealkylation sites (tertiary alicyclic amines) is 1. The van der Waals surface area contributed by atoms with Gasteiger partial charge in [0.25, 0.3) is 0 Å². The number of rotatable bonds is 4. The van der Waals surface area contributed by atoms with Gasteiger partial charge in [0.15, 0.2) is 17.5 Å². The van der Waals surface area contributed by atoms with Crippen LogP contribution in [-0.2, 0) is 11.3 Å². The molecule has 0 atom stereocenters. The molecule has 1 aromatic rings. The first-order valence-corrected chi connectivity index (χ1v) is 9.42. The Morgan fingerprint density at radius 2 is 2.15 bits per heavy atom. The van der Waals surface area contributed by atoms with Gasteiger partial charge in [-0.2, -0.15) is 0 Å². The molecule has 0 aliphatic carbocycles. The Bertz CT molecular complexity index is 696. The third-order valence-electron chi connectivity index (χ3n) is 4.29. The van der Waals surface area contributed by atoms with E-state index in [1.54, 1.807) is 4.90 Å². The Morgan fingerprint density at radius 3 is 2.85 bits per heavy atom. The number of hydrogen-bond donors (Lipinski definition) is 2. The summed E-state index contributed by atoms with van der Waals surface area (Å²) in [5.74, 6) is 1.83. The smallest absolute Gasteiger partial charge is 0.409 e. The van der Waals surface area contributed by atoms with E-state index in [1.807, 2.05) is 19.1 Å². The molecule has 27 heavy (non-hydrogen) atoms. The van der Waals surface area contributed by atoms with Crippen LogP contribution in [-0.4, -0.2) is 49.5 Å². The molecular weight excluding hydrogens is 531 g/mol. The first-order valence-electron chi connectivity index (χ1n) is 8.63. The number of nitrogens with two attached hydrogens (primary N) is 1. The van der Waals surface area contributed by atoms with Gasteiger partial charge in [0.05, 0.1) is 17.6 Å². The molecule has 2 aliphatic rings. The fourth-order valence-corrected chi connectivity index (χ4v) is 3.57. The summed E-state index contributed by atoms with van der Waals surface area (Å²) in [5, 5.41) is 3.23. The van der Waals surface area contributed by atoms with Crippen molar-refractivity contribution in [1.29, 1.82) is 0 Å². The molecule has 1 fully saturated rings. The van der Waals surface area contributed by atoms with E-state index in [1.165, 1.54) is 0 Å². The van der Waals surface area contributed by atoms with Crippen LogP contribution in [0.3, 0.4) is 0 Å². The molecular formula is C17H24BrIN4O4. The number of halogens is 2. The summed E-state index contributed by atoms with van der Waals surface area (Å²) in [6, 6.07) is 4.05. The molecule has 10 heteroatoms. The minimum absolute atomic E-state index is 0. The normalized spacial score (nSPS) is 16.7. The lowest BCUT2D eigenvalue weighted by molar-refractivity contribution is 0.0963. The Hall–Kier alpha value is -1.43. The number of nitrogens with zero attached hydrogens (tertiary/aromatic N) is 2. The van der Waals surface area contributed by atoms with Gasteiger partial charge in [0, 0.05) is 19.1 Å². The van der Waals surface area contributed by atoms with Crippen molar-refractivity contribution in [3.8, 4) is 11.5 Å². The zero-order valence-electron chi connectivity index (χ0n) is 15.1. The number of amides is 1. The molecule has 0 radical (unpaired) electrons. The Balaban J connectivity index is 0.00000261. The molecule has 0 spiro atoms. The third-order valence-corrected chi connectivity index (χ3v) is 4.88. The van der Waals surface area contributed by atoms with Gasteiger partial charge in [-0.05, 0) is 53.4 Å². The van der Waals surface area contributed by atoms with E-state index < -0.39 is 0 Å². The molecule has 150 valence electrons. The van der Waals surface area contributed by atoms with Crippen LogP contribution in [0, 0.1) is 0 Å². The first kappa shape index (κ1) is 21.9. The highest BCUT2D eigenvalue weighted by Crippen LogP contribution is 2.40. The summed E-state index contributed by atoms with van der Waals surface area (Å²) in [7, 11) is 0. The second kappa shape index (κ2) is 10.2. The topological polar surface area (TPSA) is 98.4 Å². The third kappa shape index (κ3) is 5.77. The molecule has 2 heterocycles. The molecule has 3 N–H and O–H groups in total. The summed E-state index contributed by atoms with van der Waals surface area (Å²) in [4.78, 5) is 17.8. The number of fused-ring (bicyclic) bond motifs is 1. The molecule has 1 saturated heterocycles. The molecule has 8 nitrogen and oxygen atoms in total. The number of benzene rings is 1. The fraction of sp³-hybridized carbons (Fsp3) is 0.529. The number of carbonyl (C=O) groups excluding carboxylic acids is 1. The maximum Gasteiger partial charge on any atom is 0.409 e. The molecule has 0 unspecified atom stereocenters. The van der Waals surface area contributed by atoms with Crippen molar-refractivity contribution >= 4 is 52.0 Å². The minimum Gasteiger partial charge on any atom is -0.454 e. The lowest BCUT2D eigenvalue weighted by atomic mass is 10.1. The predicted octanol–water partition coefficient (Wildman–Crippen LogP) is 2.82. The fourth-order valence-electron chi connectivity index (χ4n) is 2.96. The van der Waals surface area contributed by atoms with Gasteiger partial charge in [-0.25, -0.2) is 9.79 Å². The van der Waals surface area contributed by atoms with E-state index in [2.05, 4.69) is 26.2 Å². The zero-order chi connectivity index (χ0) is 18.5. The van der Waals surface area contributed by atoms with Crippen molar-refractivity contribution in [2.45, 2.75) is 32.4 Å². The van der Waals surface area contributed by atoms with Crippen molar-refractivity contribution in [2.75, 3.05) is 26.5 Å². The highest BCUT2D eigenvalue weighted by Gasteiger charge is 2.23. The second-order valence-corrected chi connectivity index (χ2v) is 6.97. The SMILES string of the molecule is CCOC(=O)N1CCC(NC(N)=NCc2cc(Br)c3c(c2)OCO3)CC1.I. The van der Waals surface area contributed by atoms with Crippen molar-refractivity contribution < 1.29 is 19.0 Å². The number of carbonyl (C=O) groups is 1. The molecule has 0 saturated carbocycles. The summed E-state index contributed by atoms with van der Waals surface area (Å²) >= 11 is 3.47. The average molecular weight is 555 g/mol. The largest absolute Gasteiger partial charge is 0.454 e. The summed E-state index contributed by atoms with van der Waals surface area (Å²) in [5.41, 5.74) is 6.99. The number of aliphatic imine (C=N–C) groups is 1. The van der Waals surface area contributed by atoms with Crippen LogP contribution < -0.4 is 20.5 Å². The number of ether oxygens (including phenoxy) is 3. The van der Waals surface area contributed by atoms with Crippen LogP contribution in [0.4, 0.5) is 4.79 Å². The lowest BCUT2D eigenvalue weighted by Gasteiger charge is -2.31. The maximum atomic E-state index is 11.7. The first-order chi connectivity index (χ1) is 12.6. The summed E-state index contributed by atoms with van der Waals surface area (Å²) in [6.45, 7) is 4.18. The van der Waals surface area contributed by atoms with Gasteiger partial charge in [-0.15, -0.1) is 24.0 Å². The van der Waals surface area contributed by atoms with Crippen molar-refractivity contribution in [2.24, 2.45) is 10.7 Å². The van der Waals surface area contributed by atoms with Crippen LogP contribution in [0.2, 0.25) is 0 Å². The zero-order valence-corrected chi connectivity index (χ0v) is 19.0. The van der Waals surface area contributed by atoms with Crippen LogP contribution >= 0.6 is 39.9 Å². The Kier molecular flexibility index (Phi) is 8.27. The summed E-state index contributed by atoms with van der Waals surface area (Å²) in [6.07, 6.45) is 1.37. The molecule has 2 aliphatic heterocycles. The minimum atomic E-state index is -0.249. The van der Waals surface area contributed by atoms with Crippen molar-refractivity contribution in [3.63, 3.8) is 0 Å². The molecule has 0 bridgehead atoms. The lowest BCUT2D eigenvalue weighted by Crippen LogP contribution is -2.48. The number of hydrogen-bond acceptors (Lipinski definition) is 5. The molecule has 1 aromatic carbocycles. The van der Waals surface area contributed by atoms with E-state index in [0.717, 1.165) is 28.6 Å². The van der Waals surface area contributed by atoms with E-state index >= 15 is 0 Å². The summed E-state index contributed by atoms with van der Waals surface area (Å²) < 4.78 is 16.6. The van der Waals surface area contributed by atoms with Gasteiger partial charge >= 0.3 is 6.09 Å². The molecule has 3 rings (SSSR count). The van der Waals surface area contributed by atoms with Crippen LogP contribution in [0.5, 0.6) is 11.5 Å². The van der Waals surface area contributed by atoms with E-state index in [-0.39, 0.29) is 42.9 Å². The standard InChI is InChI=1S/C17H23BrN4O4.HI/c1-2-24-17(23)22-5-3-12(4-6-22)21-16(19)20-9-11-7-13(18)15-14(8-11)25-10-26-15;/h7-8,12H,2-6,9-10H2,1H3,(H3,19,20,21);1H. The van der Waals surface area contributed by atoms with Gasteiger partial charge in [0.1, 0.15) is 0 Å². The quantitative estimate of drug-likeness (QED) is 0.337. The number of guanidine groups is 1. The monoisotopic (exact) mass is 554 g/mol. The van der Waals surface area contributed by atoms with E-state index in [0.29, 0.717) is 38.0 Å². The Labute approximate surface area is 183 Å². The van der Waals surface area contributed by atoms with Gasteiger partial charge in [-0.3, -0.25) is 0 Å². The van der Waals surface area contributed by atoms with Gasteiger partial charge < -0.3 is 30.2 Å². The average Bonchev–Trinajstić information content (AvgIpc) is 3.10. The predicted molar refractivity (Wildman–Crippen MR) is 116 cm³/mol. The Morgan fingerprint density at radius 1 is 1.41 bits per heavy atom. The second-order valence-electron chi connectivity index (χ2n) is 6.12. The maximum absolute atomic E-state index is 11.7. The van der Waals surface area contributed by atoms with Crippen molar-refractivity contribution in [1.82, 2.24) is 10.2 Å². The van der Waals surface area contributed by atoms with Crippen LogP contribution in [0.1, 0.15) is 25.3 Å². The van der Waals surface area contributed by atoms with E-state index in [9.17, 15) is 4.79 Å². The highest BCUT2D eigenvalue weighted by molar-refractivity contribution is 14.0.